The van der Waals surface area contributed by atoms with E-state index in [4.69, 9.17) is 16.6 Å². The largest absolute Gasteiger partial charge is 0.463 e. The Labute approximate surface area is 131 Å². The molecule has 0 radical (unpaired) electrons. The van der Waals surface area contributed by atoms with E-state index in [-0.39, 0.29) is 6.04 Å². The lowest BCUT2D eigenvalue weighted by molar-refractivity contribution is -0.891. The number of anilines is 1. The van der Waals surface area contributed by atoms with Crippen LogP contribution >= 0.6 is 12.2 Å². The van der Waals surface area contributed by atoms with Crippen LogP contribution in [0, 0.1) is 6.92 Å². The van der Waals surface area contributed by atoms with Crippen molar-refractivity contribution in [2.75, 3.05) is 26.0 Å². The van der Waals surface area contributed by atoms with Crippen LogP contribution in [0.1, 0.15) is 17.4 Å². The highest BCUT2D eigenvalue weighted by Crippen LogP contribution is 2.10. The van der Waals surface area contributed by atoms with Gasteiger partial charge in [-0.2, -0.15) is 0 Å². The van der Waals surface area contributed by atoms with Crippen molar-refractivity contribution in [1.29, 1.82) is 0 Å². The molecular weight excluding hydrogens is 282 g/mol. The zero-order valence-corrected chi connectivity index (χ0v) is 13.5. The molecule has 0 fully saturated rings. The molecule has 1 aromatic carbocycles. The monoisotopic (exact) mass is 304 g/mol. The van der Waals surface area contributed by atoms with Gasteiger partial charge >= 0.3 is 0 Å². The number of nitrogens with one attached hydrogen (secondary N) is 3. The Bertz CT molecular complexity index is 581. The number of hydrogen-bond donors (Lipinski definition) is 3. The molecule has 5 heteroatoms. The fourth-order valence-corrected chi connectivity index (χ4v) is 2.37. The van der Waals surface area contributed by atoms with Crippen LogP contribution < -0.4 is 15.5 Å². The smallest absolute Gasteiger partial charge is 0.171 e. The molecule has 0 bridgehead atoms. The Hall–Kier alpha value is -1.85. The minimum Gasteiger partial charge on any atom is -0.463 e. The molecule has 0 spiro atoms. The summed E-state index contributed by atoms with van der Waals surface area (Å²) in [6, 6.07) is 12.3. The summed E-state index contributed by atoms with van der Waals surface area (Å²) in [6.07, 6.45) is 1.70. The highest BCUT2D eigenvalue weighted by atomic mass is 32.1. The molecule has 1 heterocycles. The first kappa shape index (κ1) is 15.5. The quantitative estimate of drug-likeness (QED) is 0.736. The highest BCUT2D eigenvalue weighted by Gasteiger charge is 2.20. The third-order valence-corrected chi connectivity index (χ3v) is 3.57. The van der Waals surface area contributed by atoms with Gasteiger partial charge in [0.2, 0.25) is 0 Å². The van der Waals surface area contributed by atoms with E-state index in [2.05, 4.69) is 43.8 Å². The van der Waals surface area contributed by atoms with Crippen LogP contribution in [0.3, 0.4) is 0 Å². The van der Waals surface area contributed by atoms with Crippen LogP contribution in [0.4, 0.5) is 5.69 Å². The number of quaternary nitrogens is 1. The van der Waals surface area contributed by atoms with Gasteiger partial charge in [-0.25, -0.2) is 0 Å². The molecule has 1 atom stereocenters. The van der Waals surface area contributed by atoms with Crippen molar-refractivity contribution in [2.45, 2.75) is 13.0 Å². The number of benzene rings is 1. The lowest BCUT2D eigenvalue weighted by Gasteiger charge is -2.20. The molecule has 2 aromatic rings. The Kier molecular flexibility index (Phi) is 5.36. The maximum absolute atomic E-state index is 5.50. The Morgan fingerprint density at radius 1 is 1.29 bits per heavy atom. The minimum absolute atomic E-state index is 0.220. The Morgan fingerprint density at radius 3 is 2.71 bits per heavy atom. The fraction of sp³-hybridized carbons (Fsp3) is 0.312. The zero-order chi connectivity index (χ0) is 15.2. The van der Waals surface area contributed by atoms with Gasteiger partial charge in [0, 0.05) is 5.69 Å². The number of furan rings is 1. The van der Waals surface area contributed by atoms with E-state index in [9.17, 15) is 0 Å². The van der Waals surface area contributed by atoms with Gasteiger partial charge in [-0.05, 0) is 49.0 Å². The molecule has 0 amide bonds. The number of likely N-dealkylation sites (N-methyl/N-ethyl adjacent to an activating group) is 1. The van der Waals surface area contributed by atoms with Crippen LogP contribution in [0.25, 0.3) is 0 Å². The minimum atomic E-state index is 0.220. The average molecular weight is 304 g/mol. The maximum Gasteiger partial charge on any atom is 0.171 e. The number of hydrogen-bond acceptors (Lipinski definition) is 2. The molecule has 2 rings (SSSR count). The molecule has 3 N–H and O–H groups in total. The van der Waals surface area contributed by atoms with E-state index < -0.39 is 0 Å². The number of rotatable bonds is 5. The van der Waals surface area contributed by atoms with Gasteiger partial charge in [0.25, 0.3) is 0 Å². The van der Waals surface area contributed by atoms with Crippen LogP contribution in [0.5, 0.6) is 0 Å². The Morgan fingerprint density at radius 2 is 2.10 bits per heavy atom. The second-order valence-corrected chi connectivity index (χ2v) is 5.76. The van der Waals surface area contributed by atoms with Crippen LogP contribution in [-0.2, 0) is 0 Å². The summed E-state index contributed by atoms with van der Waals surface area (Å²) in [7, 11) is 4.21. The van der Waals surface area contributed by atoms with Crippen molar-refractivity contribution >= 4 is 23.0 Å². The lowest BCUT2D eigenvalue weighted by Crippen LogP contribution is -3.07. The normalized spacial score (nSPS) is 12.2. The molecule has 4 nitrogen and oxygen atoms in total. The van der Waals surface area contributed by atoms with Crippen molar-refractivity contribution in [3.63, 3.8) is 0 Å². The fourth-order valence-electron chi connectivity index (χ4n) is 2.17. The molecule has 0 unspecified atom stereocenters. The molecule has 112 valence electrons. The molecule has 0 aliphatic rings. The highest BCUT2D eigenvalue weighted by molar-refractivity contribution is 7.80. The first-order valence-electron chi connectivity index (χ1n) is 7.01. The second-order valence-electron chi connectivity index (χ2n) is 5.35. The maximum atomic E-state index is 5.50. The summed E-state index contributed by atoms with van der Waals surface area (Å²) in [4.78, 5) is 1.29. The van der Waals surface area contributed by atoms with Gasteiger partial charge in [0.1, 0.15) is 0 Å². The molecule has 0 saturated carbocycles. The third kappa shape index (κ3) is 4.58. The first-order valence-corrected chi connectivity index (χ1v) is 7.42. The third-order valence-electron chi connectivity index (χ3n) is 3.33. The predicted molar refractivity (Wildman–Crippen MR) is 89.7 cm³/mol. The summed E-state index contributed by atoms with van der Waals surface area (Å²) in [5, 5.41) is 7.09. The van der Waals surface area contributed by atoms with Gasteiger partial charge in [0.05, 0.1) is 26.9 Å². The van der Waals surface area contributed by atoms with Crippen molar-refractivity contribution in [1.82, 2.24) is 5.32 Å². The van der Waals surface area contributed by atoms with Crippen molar-refractivity contribution < 1.29 is 9.32 Å². The van der Waals surface area contributed by atoms with E-state index in [1.165, 1.54) is 10.5 Å². The van der Waals surface area contributed by atoms with E-state index >= 15 is 0 Å². The summed E-state index contributed by atoms with van der Waals surface area (Å²) in [5.41, 5.74) is 2.20. The molecule has 0 aliphatic carbocycles. The topological polar surface area (TPSA) is 41.6 Å². The van der Waals surface area contributed by atoms with Gasteiger partial charge < -0.3 is 20.0 Å². The van der Waals surface area contributed by atoms with Gasteiger partial charge in [-0.3, -0.25) is 0 Å². The Balaban J connectivity index is 1.90. The summed E-state index contributed by atoms with van der Waals surface area (Å²) in [6.45, 7) is 2.78. The van der Waals surface area contributed by atoms with Gasteiger partial charge in [-0.1, -0.05) is 12.1 Å². The van der Waals surface area contributed by atoms with E-state index in [1.807, 2.05) is 24.3 Å². The van der Waals surface area contributed by atoms with Gasteiger partial charge in [0.15, 0.2) is 16.9 Å². The van der Waals surface area contributed by atoms with Crippen LogP contribution in [0.2, 0.25) is 0 Å². The van der Waals surface area contributed by atoms with Crippen molar-refractivity contribution in [2.24, 2.45) is 0 Å². The number of thiocarbonyl (C=S) groups is 1. The molecule has 0 saturated heterocycles. The van der Waals surface area contributed by atoms with E-state index in [0.29, 0.717) is 11.7 Å². The van der Waals surface area contributed by atoms with Crippen molar-refractivity contribution in [3.05, 3.63) is 54.0 Å². The predicted octanol–water partition coefficient (Wildman–Crippen LogP) is 1.76. The molecule has 0 aliphatic heterocycles. The van der Waals surface area contributed by atoms with Gasteiger partial charge in [-0.15, -0.1) is 0 Å². The SMILES string of the molecule is Cc1cccc(NC(=S)NC[C@@H](c2ccco2)[NH+](C)C)c1. The first-order chi connectivity index (χ1) is 10.1. The summed E-state index contributed by atoms with van der Waals surface area (Å²) in [5.74, 6) is 0.959. The standard InChI is InChI=1S/C16H21N3OS/c1-12-6-4-7-13(10-12)18-16(21)17-11-14(19(2)3)15-8-5-9-20-15/h4-10,14H,11H2,1-3H3,(H2,17,18,21)/p+1/t14-/m0/s1. The second kappa shape index (κ2) is 7.24. The van der Waals surface area contributed by atoms with Crippen molar-refractivity contribution in [3.8, 4) is 0 Å². The van der Waals surface area contributed by atoms with Crippen LogP contribution in [0.15, 0.2) is 47.1 Å². The average Bonchev–Trinajstić information content (AvgIpc) is 2.92. The molecule has 1 aromatic heterocycles. The van der Waals surface area contributed by atoms with E-state index in [0.717, 1.165) is 11.4 Å². The van der Waals surface area contributed by atoms with E-state index in [1.54, 1.807) is 6.26 Å². The zero-order valence-electron chi connectivity index (χ0n) is 12.6. The molecular formula is C16H22N3OS+. The lowest BCUT2D eigenvalue weighted by atomic mass is 10.2. The summed E-state index contributed by atoms with van der Waals surface area (Å²) < 4.78 is 5.50. The molecule has 21 heavy (non-hydrogen) atoms. The number of aryl methyl sites for hydroxylation is 1. The van der Waals surface area contributed by atoms with Crippen LogP contribution in [-0.4, -0.2) is 25.8 Å². The summed E-state index contributed by atoms with van der Waals surface area (Å²) >= 11 is 5.35.